The Bertz CT molecular complexity index is 701. The van der Waals surface area contributed by atoms with E-state index in [-0.39, 0.29) is 30.0 Å². The Morgan fingerprint density at radius 3 is 2.81 bits per heavy atom. The number of hydrogen-bond acceptors (Lipinski definition) is 3. The van der Waals surface area contributed by atoms with Crippen molar-refractivity contribution >= 4 is 41.3 Å². The van der Waals surface area contributed by atoms with Crippen molar-refractivity contribution in [1.82, 2.24) is 10.2 Å². The quantitative estimate of drug-likeness (QED) is 0.368. The molecule has 26 heavy (non-hydrogen) atoms. The van der Waals surface area contributed by atoms with Gasteiger partial charge in [0.2, 0.25) is 0 Å². The normalized spacial score (nSPS) is 17.1. The fraction of sp³-hybridized carbons (Fsp3) is 0.450. The maximum Gasteiger partial charge on any atom is 0.188 e. The maximum atomic E-state index is 6.09. The molecule has 0 amide bonds. The standard InChI is InChI=1S/C20H28N4S.HI/c1-3-15(2)23-20(21)22-13-18(16-7-5-4-6-8-16)24-11-9-19-17(14-24)10-12-25-19;/h4-8,10,12,15,18H,3,9,11,13-14H2,1-2H3,(H3,21,22,23);1H. The van der Waals surface area contributed by atoms with E-state index < -0.39 is 0 Å². The second-order valence-electron chi connectivity index (χ2n) is 6.70. The Labute approximate surface area is 177 Å². The third-order valence-electron chi connectivity index (χ3n) is 4.90. The maximum absolute atomic E-state index is 6.09. The zero-order chi connectivity index (χ0) is 17.6. The fourth-order valence-electron chi connectivity index (χ4n) is 3.23. The second kappa shape index (κ2) is 10.3. The number of rotatable bonds is 6. The van der Waals surface area contributed by atoms with E-state index >= 15 is 0 Å². The number of aliphatic imine (C=N–C) groups is 1. The van der Waals surface area contributed by atoms with E-state index in [0.717, 1.165) is 25.9 Å². The van der Waals surface area contributed by atoms with Gasteiger partial charge in [-0.1, -0.05) is 37.3 Å². The lowest BCUT2D eigenvalue weighted by Gasteiger charge is -2.34. The third-order valence-corrected chi connectivity index (χ3v) is 5.93. The molecule has 1 aliphatic rings. The molecule has 0 saturated carbocycles. The van der Waals surface area contributed by atoms with Gasteiger partial charge in [0.25, 0.3) is 0 Å². The van der Waals surface area contributed by atoms with Gasteiger partial charge >= 0.3 is 0 Å². The highest BCUT2D eigenvalue weighted by Gasteiger charge is 2.25. The number of nitrogens with two attached hydrogens (primary N) is 1. The van der Waals surface area contributed by atoms with Gasteiger partial charge in [0.1, 0.15) is 0 Å². The molecule has 3 N–H and O–H groups in total. The van der Waals surface area contributed by atoms with E-state index in [1.54, 1.807) is 0 Å². The molecule has 2 aromatic rings. The number of benzene rings is 1. The second-order valence-corrected chi connectivity index (χ2v) is 7.70. The summed E-state index contributed by atoms with van der Waals surface area (Å²) in [6.45, 7) is 7.01. The van der Waals surface area contributed by atoms with Crippen molar-refractivity contribution in [2.75, 3.05) is 13.1 Å². The molecule has 1 aromatic carbocycles. The van der Waals surface area contributed by atoms with E-state index in [0.29, 0.717) is 18.5 Å². The summed E-state index contributed by atoms with van der Waals surface area (Å²) in [5, 5.41) is 5.47. The van der Waals surface area contributed by atoms with Gasteiger partial charge in [0, 0.05) is 24.0 Å². The number of halogens is 1. The van der Waals surface area contributed by atoms with Crippen LogP contribution in [0.15, 0.2) is 46.8 Å². The van der Waals surface area contributed by atoms with Crippen molar-refractivity contribution < 1.29 is 0 Å². The fourth-order valence-corrected chi connectivity index (χ4v) is 4.12. The molecule has 0 spiro atoms. The number of fused-ring (bicyclic) bond motifs is 1. The minimum atomic E-state index is 0. The first kappa shape index (κ1) is 21.2. The van der Waals surface area contributed by atoms with Gasteiger partial charge in [-0.15, -0.1) is 35.3 Å². The zero-order valence-electron chi connectivity index (χ0n) is 15.5. The molecule has 0 fully saturated rings. The molecular formula is C20H29IN4S. The number of thiophene rings is 1. The number of nitrogens with one attached hydrogen (secondary N) is 1. The molecule has 6 heteroatoms. The Kier molecular flexibility index (Phi) is 8.37. The average Bonchev–Trinajstić information content (AvgIpc) is 3.10. The summed E-state index contributed by atoms with van der Waals surface area (Å²) in [4.78, 5) is 8.72. The van der Waals surface area contributed by atoms with Gasteiger partial charge in [-0.05, 0) is 42.3 Å². The minimum Gasteiger partial charge on any atom is -0.370 e. The van der Waals surface area contributed by atoms with Crippen molar-refractivity contribution in [3.63, 3.8) is 0 Å². The largest absolute Gasteiger partial charge is 0.370 e. The van der Waals surface area contributed by atoms with Crippen LogP contribution in [0.4, 0.5) is 0 Å². The Morgan fingerprint density at radius 2 is 2.08 bits per heavy atom. The van der Waals surface area contributed by atoms with Gasteiger partial charge in [0.15, 0.2) is 5.96 Å². The number of nitrogens with zero attached hydrogens (tertiary/aromatic N) is 2. The van der Waals surface area contributed by atoms with Crippen LogP contribution < -0.4 is 11.1 Å². The molecule has 2 unspecified atom stereocenters. The first-order chi connectivity index (χ1) is 12.2. The molecule has 0 bridgehead atoms. The highest BCUT2D eigenvalue weighted by molar-refractivity contribution is 14.0. The number of hydrogen-bond donors (Lipinski definition) is 2. The SMILES string of the molecule is CCC(C)NC(N)=NCC(c1ccccc1)N1CCc2sccc2C1.I. The molecule has 0 radical (unpaired) electrons. The third kappa shape index (κ3) is 5.44. The summed E-state index contributed by atoms with van der Waals surface area (Å²) < 4.78 is 0. The summed E-state index contributed by atoms with van der Waals surface area (Å²) in [7, 11) is 0. The van der Waals surface area contributed by atoms with Crippen molar-refractivity contribution in [3.8, 4) is 0 Å². The zero-order valence-corrected chi connectivity index (χ0v) is 18.7. The van der Waals surface area contributed by atoms with Crippen LogP contribution in [0.25, 0.3) is 0 Å². The van der Waals surface area contributed by atoms with Crippen LogP contribution in [0.1, 0.15) is 42.3 Å². The summed E-state index contributed by atoms with van der Waals surface area (Å²) in [6, 6.07) is 13.5. The predicted molar refractivity (Wildman–Crippen MR) is 122 cm³/mol. The van der Waals surface area contributed by atoms with Crippen molar-refractivity contribution in [1.29, 1.82) is 0 Å². The van der Waals surface area contributed by atoms with Gasteiger partial charge in [-0.25, -0.2) is 0 Å². The molecular weight excluding hydrogens is 455 g/mol. The molecule has 2 atom stereocenters. The molecule has 0 aliphatic carbocycles. The molecule has 1 aliphatic heterocycles. The van der Waals surface area contributed by atoms with Crippen molar-refractivity contribution in [3.05, 3.63) is 57.8 Å². The lowest BCUT2D eigenvalue weighted by atomic mass is 10.0. The molecule has 142 valence electrons. The van der Waals surface area contributed by atoms with Gasteiger partial charge in [-0.2, -0.15) is 0 Å². The van der Waals surface area contributed by atoms with Gasteiger partial charge in [0.05, 0.1) is 12.6 Å². The van der Waals surface area contributed by atoms with Crippen LogP contribution in [0, 0.1) is 0 Å². The Hall–Kier alpha value is -1.12. The molecule has 4 nitrogen and oxygen atoms in total. The molecule has 1 aromatic heterocycles. The van der Waals surface area contributed by atoms with Gasteiger partial charge < -0.3 is 11.1 Å². The van der Waals surface area contributed by atoms with E-state index in [9.17, 15) is 0 Å². The molecule has 0 saturated heterocycles. The lowest BCUT2D eigenvalue weighted by Crippen LogP contribution is -2.39. The van der Waals surface area contributed by atoms with Crippen LogP contribution in [0.2, 0.25) is 0 Å². The summed E-state index contributed by atoms with van der Waals surface area (Å²) in [5.41, 5.74) is 8.86. The first-order valence-electron chi connectivity index (χ1n) is 9.08. The molecule has 2 heterocycles. The minimum absolute atomic E-state index is 0. The van der Waals surface area contributed by atoms with E-state index in [2.05, 4.69) is 70.8 Å². The van der Waals surface area contributed by atoms with Crippen molar-refractivity contribution in [2.24, 2.45) is 10.7 Å². The van der Waals surface area contributed by atoms with Gasteiger partial charge in [-0.3, -0.25) is 9.89 Å². The van der Waals surface area contributed by atoms with Crippen LogP contribution >= 0.6 is 35.3 Å². The predicted octanol–water partition coefficient (Wildman–Crippen LogP) is 4.17. The van der Waals surface area contributed by atoms with Crippen molar-refractivity contribution in [2.45, 2.75) is 45.3 Å². The summed E-state index contributed by atoms with van der Waals surface area (Å²) in [5.74, 6) is 0.545. The smallest absolute Gasteiger partial charge is 0.188 e. The summed E-state index contributed by atoms with van der Waals surface area (Å²) in [6.07, 6.45) is 2.16. The van der Waals surface area contributed by atoms with Crippen LogP contribution in [-0.2, 0) is 13.0 Å². The lowest BCUT2D eigenvalue weighted by molar-refractivity contribution is 0.185. The first-order valence-corrected chi connectivity index (χ1v) is 9.96. The topological polar surface area (TPSA) is 53.6 Å². The van der Waals surface area contributed by atoms with E-state index in [1.807, 2.05) is 11.3 Å². The highest BCUT2D eigenvalue weighted by Crippen LogP contribution is 2.30. The Morgan fingerprint density at radius 1 is 1.31 bits per heavy atom. The number of guanidine groups is 1. The average molecular weight is 484 g/mol. The monoisotopic (exact) mass is 484 g/mol. The van der Waals surface area contributed by atoms with E-state index in [1.165, 1.54) is 16.0 Å². The highest BCUT2D eigenvalue weighted by atomic mass is 127. The summed E-state index contributed by atoms with van der Waals surface area (Å²) >= 11 is 1.88. The van der Waals surface area contributed by atoms with Crippen LogP contribution in [0.3, 0.4) is 0 Å². The Balaban J connectivity index is 0.00000243. The van der Waals surface area contributed by atoms with Crippen LogP contribution in [0.5, 0.6) is 0 Å². The molecule has 3 rings (SSSR count). The van der Waals surface area contributed by atoms with Crippen LogP contribution in [-0.4, -0.2) is 30.0 Å². The van der Waals surface area contributed by atoms with E-state index in [4.69, 9.17) is 5.73 Å².